The normalized spacial score (nSPS) is 30.4. The molecular weight excluding hydrogens is 482 g/mol. The average Bonchev–Trinajstić information content (AvgIpc) is 2.88. The summed E-state index contributed by atoms with van der Waals surface area (Å²) in [5, 5.41) is 13.9. The number of likely N-dealkylation sites (N-methyl/N-ethyl adjacent to an activating group) is 1. The van der Waals surface area contributed by atoms with Crippen LogP contribution in [0.1, 0.15) is 72.1 Å². The van der Waals surface area contributed by atoms with E-state index >= 15 is 0 Å². The van der Waals surface area contributed by atoms with Gasteiger partial charge in [0.2, 0.25) is 5.91 Å². The lowest BCUT2D eigenvalue weighted by atomic mass is 9.75. The second-order valence-electron chi connectivity index (χ2n) is 12.4. The van der Waals surface area contributed by atoms with Gasteiger partial charge >= 0.3 is 5.97 Å². The summed E-state index contributed by atoms with van der Waals surface area (Å²) < 4.78 is 11.3. The molecule has 38 heavy (non-hydrogen) atoms. The van der Waals surface area contributed by atoms with Gasteiger partial charge in [-0.05, 0) is 91.0 Å². The Balaban J connectivity index is 1.25. The number of hydrogen-bond donors (Lipinski definition) is 4. The summed E-state index contributed by atoms with van der Waals surface area (Å²) in [4.78, 5) is 26.5. The number of esters is 1. The van der Waals surface area contributed by atoms with Crippen LogP contribution in [0.3, 0.4) is 0 Å². The van der Waals surface area contributed by atoms with E-state index < -0.39 is 5.60 Å². The van der Waals surface area contributed by atoms with E-state index in [1.165, 1.54) is 0 Å². The maximum atomic E-state index is 12.5. The summed E-state index contributed by atoms with van der Waals surface area (Å²) in [5.41, 5.74) is -0.536. The Bertz CT molecular complexity index is 771. The zero-order valence-corrected chi connectivity index (χ0v) is 24.0. The highest BCUT2D eigenvalue weighted by Gasteiger charge is 2.33. The van der Waals surface area contributed by atoms with E-state index in [-0.39, 0.29) is 30.6 Å². The van der Waals surface area contributed by atoms with Crippen LogP contribution in [0, 0.1) is 30.1 Å². The molecule has 1 saturated heterocycles. The number of carbonyl (C=O) groups is 2. The highest BCUT2D eigenvalue weighted by atomic mass is 16.6. The van der Waals surface area contributed by atoms with Gasteiger partial charge < -0.3 is 14.8 Å². The predicted octanol–water partition coefficient (Wildman–Crippen LogP) is 1.83. The summed E-state index contributed by atoms with van der Waals surface area (Å²) >= 11 is 0. The van der Waals surface area contributed by atoms with E-state index in [9.17, 15) is 9.59 Å². The molecule has 0 spiro atoms. The summed E-state index contributed by atoms with van der Waals surface area (Å²) in [6, 6.07) is 0.509. The molecule has 0 aromatic carbocycles. The van der Waals surface area contributed by atoms with E-state index in [0.29, 0.717) is 30.5 Å². The van der Waals surface area contributed by atoms with Gasteiger partial charge in [0, 0.05) is 31.6 Å². The minimum atomic E-state index is -0.536. The van der Waals surface area contributed by atoms with Crippen molar-refractivity contribution in [2.45, 2.75) is 96.2 Å². The molecule has 0 atom stereocenters. The van der Waals surface area contributed by atoms with Crippen LogP contribution < -0.4 is 21.3 Å². The third-order valence-corrected chi connectivity index (χ3v) is 8.07. The number of carbonyl (C=O) groups excluding carboxylic acids is 2. The van der Waals surface area contributed by atoms with Gasteiger partial charge in [-0.3, -0.25) is 30.4 Å². The third-order valence-electron chi connectivity index (χ3n) is 8.07. The Morgan fingerprint density at radius 3 is 2.26 bits per heavy atom. The number of hydrogen-bond acceptors (Lipinski definition) is 8. The number of nitrogens with zero attached hydrogens (tertiary/aromatic N) is 1. The van der Waals surface area contributed by atoms with Crippen LogP contribution in [0.4, 0.5) is 0 Å². The number of amides is 1. The molecule has 9 heteroatoms. The van der Waals surface area contributed by atoms with Crippen molar-refractivity contribution in [1.82, 2.24) is 26.2 Å². The largest absolute Gasteiger partial charge is 0.459 e. The van der Waals surface area contributed by atoms with Crippen molar-refractivity contribution >= 4 is 11.9 Å². The zero-order valence-electron chi connectivity index (χ0n) is 24.0. The fraction of sp³-hybridized carbons (Fsp3) is 0.862. The van der Waals surface area contributed by atoms with Gasteiger partial charge in [0.05, 0.1) is 19.3 Å². The Morgan fingerprint density at radius 1 is 1.00 bits per heavy atom. The van der Waals surface area contributed by atoms with Crippen LogP contribution in [0.5, 0.6) is 0 Å². The number of rotatable bonds is 11. The van der Waals surface area contributed by atoms with Crippen LogP contribution >= 0.6 is 0 Å². The van der Waals surface area contributed by atoms with Crippen LogP contribution in [-0.2, 0) is 19.1 Å². The van der Waals surface area contributed by atoms with Crippen molar-refractivity contribution in [1.29, 1.82) is 0 Å². The first-order valence-corrected chi connectivity index (χ1v) is 14.6. The van der Waals surface area contributed by atoms with Crippen molar-refractivity contribution in [3.63, 3.8) is 0 Å². The SMILES string of the molecule is C#CCN(C)CCOC1CCC(NC2NCC(C3CCC(C(=O)NCC(=O)OC(C)(C)C)CC3)CN2)CC1. The van der Waals surface area contributed by atoms with Crippen molar-refractivity contribution in [2.75, 3.05) is 46.4 Å². The molecule has 0 aromatic heterocycles. The zero-order chi connectivity index (χ0) is 27.5. The lowest BCUT2D eigenvalue weighted by Crippen LogP contribution is -2.63. The van der Waals surface area contributed by atoms with Gasteiger partial charge in [0.25, 0.3) is 0 Å². The topological polar surface area (TPSA) is 104 Å². The lowest BCUT2D eigenvalue weighted by Gasteiger charge is -2.40. The van der Waals surface area contributed by atoms with Crippen LogP contribution in [0.25, 0.3) is 0 Å². The molecule has 1 aliphatic heterocycles. The molecule has 4 N–H and O–H groups in total. The molecule has 0 unspecified atom stereocenters. The Morgan fingerprint density at radius 2 is 1.66 bits per heavy atom. The molecule has 3 aliphatic rings. The molecule has 0 bridgehead atoms. The number of terminal acetylenes is 1. The quantitative estimate of drug-likeness (QED) is 0.236. The van der Waals surface area contributed by atoms with E-state index in [2.05, 4.69) is 32.1 Å². The van der Waals surface area contributed by atoms with E-state index in [1.807, 2.05) is 27.8 Å². The van der Waals surface area contributed by atoms with E-state index in [0.717, 1.165) is 77.6 Å². The summed E-state index contributed by atoms with van der Waals surface area (Å²) in [7, 11) is 2.03. The summed E-state index contributed by atoms with van der Waals surface area (Å²) in [6.45, 7) is 9.70. The minimum absolute atomic E-state index is 0.00410. The smallest absolute Gasteiger partial charge is 0.325 e. The van der Waals surface area contributed by atoms with E-state index in [4.69, 9.17) is 15.9 Å². The number of nitrogens with one attached hydrogen (secondary N) is 4. The highest BCUT2D eigenvalue weighted by molar-refractivity contribution is 5.83. The van der Waals surface area contributed by atoms with Crippen LogP contribution in [0.2, 0.25) is 0 Å². The minimum Gasteiger partial charge on any atom is -0.459 e. The van der Waals surface area contributed by atoms with E-state index in [1.54, 1.807) is 0 Å². The van der Waals surface area contributed by atoms with Gasteiger partial charge in [-0.2, -0.15) is 0 Å². The molecule has 3 rings (SSSR count). The van der Waals surface area contributed by atoms with Crippen molar-refractivity contribution < 1.29 is 19.1 Å². The molecular formula is C29H51N5O4. The Hall–Kier alpha value is -1.70. The standard InChI is InChI=1S/C29H51N5O4/c1-6-15-34(5)16-17-37-25-13-11-24(12-14-25)33-28-31-18-23(19-32-28)21-7-9-22(10-8-21)27(36)30-20-26(35)38-29(2,3)4/h1,21-25,28,31-33H,7-20H2,2-5H3,(H,30,36). The fourth-order valence-corrected chi connectivity index (χ4v) is 5.91. The Labute approximate surface area is 229 Å². The Kier molecular flexibility index (Phi) is 12.3. The van der Waals surface area contributed by atoms with Crippen LogP contribution in [0.15, 0.2) is 0 Å². The number of ether oxygens (including phenoxy) is 2. The van der Waals surface area contributed by atoms with Gasteiger partial charge in [0.1, 0.15) is 18.4 Å². The third kappa shape index (κ3) is 10.8. The fourth-order valence-electron chi connectivity index (χ4n) is 5.91. The van der Waals surface area contributed by atoms with Crippen molar-refractivity contribution in [3.05, 3.63) is 0 Å². The molecule has 0 aromatic rings. The lowest BCUT2D eigenvalue weighted by molar-refractivity contribution is -0.154. The van der Waals surface area contributed by atoms with Gasteiger partial charge in [0.15, 0.2) is 0 Å². The van der Waals surface area contributed by atoms with Gasteiger partial charge in [-0.25, -0.2) is 0 Å². The second kappa shape index (κ2) is 15.2. The summed E-state index contributed by atoms with van der Waals surface area (Å²) in [5.74, 6) is 3.46. The van der Waals surface area contributed by atoms with Gasteiger partial charge in [-0.1, -0.05) is 5.92 Å². The molecule has 1 amide bonds. The predicted molar refractivity (Wildman–Crippen MR) is 149 cm³/mol. The first-order valence-electron chi connectivity index (χ1n) is 14.6. The molecule has 2 saturated carbocycles. The molecule has 216 valence electrons. The summed E-state index contributed by atoms with van der Waals surface area (Å²) in [6.07, 6.45) is 14.2. The first kappa shape index (κ1) is 30.8. The molecule has 0 radical (unpaired) electrons. The first-order chi connectivity index (χ1) is 18.1. The molecule has 1 heterocycles. The molecule has 3 fully saturated rings. The van der Waals surface area contributed by atoms with Crippen molar-refractivity contribution in [3.8, 4) is 12.3 Å². The highest BCUT2D eigenvalue weighted by Crippen LogP contribution is 2.34. The second-order valence-corrected chi connectivity index (χ2v) is 12.4. The monoisotopic (exact) mass is 533 g/mol. The molecule has 2 aliphatic carbocycles. The average molecular weight is 534 g/mol. The molecule has 9 nitrogen and oxygen atoms in total. The van der Waals surface area contributed by atoms with Gasteiger partial charge in [-0.15, -0.1) is 6.42 Å². The maximum absolute atomic E-state index is 12.5. The maximum Gasteiger partial charge on any atom is 0.325 e. The van der Waals surface area contributed by atoms with Crippen molar-refractivity contribution in [2.24, 2.45) is 17.8 Å². The van der Waals surface area contributed by atoms with Crippen LogP contribution in [-0.4, -0.2) is 87.2 Å².